The molecule has 0 atom stereocenters. The molecule has 3 rings (SSSR count). The summed E-state index contributed by atoms with van der Waals surface area (Å²) in [6.07, 6.45) is 3.80. The van der Waals surface area contributed by atoms with Gasteiger partial charge < -0.3 is 14.2 Å². The van der Waals surface area contributed by atoms with Crippen molar-refractivity contribution in [3.63, 3.8) is 0 Å². The molecule has 0 aliphatic rings. The Morgan fingerprint density at radius 1 is 1.07 bits per heavy atom. The Balaban J connectivity index is 1.77. The highest BCUT2D eigenvalue weighted by atomic mass is 35.5. The van der Waals surface area contributed by atoms with Crippen LogP contribution in [0.3, 0.4) is 0 Å². The minimum atomic E-state index is 0.0456. The topological polar surface area (TPSA) is 34.5 Å². The van der Waals surface area contributed by atoms with Crippen molar-refractivity contribution in [2.45, 2.75) is 32.9 Å². The zero-order valence-electron chi connectivity index (χ0n) is 17.7. The van der Waals surface area contributed by atoms with Gasteiger partial charge in [0.1, 0.15) is 0 Å². The Morgan fingerprint density at radius 2 is 1.87 bits per heavy atom. The second-order valence-electron chi connectivity index (χ2n) is 7.38. The molecule has 0 saturated carbocycles. The van der Waals surface area contributed by atoms with Crippen LogP contribution in [0.15, 0.2) is 66.9 Å². The summed E-state index contributed by atoms with van der Waals surface area (Å²) in [4.78, 5) is 15.1. The van der Waals surface area contributed by atoms with Crippen LogP contribution in [-0.4, -0.2) is 35.6 Å². The lowest BCUT2D eigenvalue weighted by molar-refractivity contribution is 0.0720. The van der Waals surface area contributed by atoms with Gasteiger partial charge in [0.25, 0.3) is 5.91 Å². The highest BCUT2D eigenvalue weighted by molar-refractivity contribution is 6.30. The van der Waals surface area contributed by atoms with E-state index in [0.29, 0.717) is 26.2 Å². The van der Waals surface area contributed by atoms with Crippen molar-refractivity contribution < 1.29 is 9.53 Å². The van der Waals surface area contributed by atoms with Crippen molar-refractivity contribution in [1.29, 1.82) is 0 Å². The van der Waals surface area contributed by atoms with Gasteiger partial charge in [-0.25, -0.2) is 0 Å². The van der Waals surface area contributed by atoms with Crippen molar-refractivity contribution in [2.24, 2.45) is 0 Å². The number of benzene rings is 2. The minimum Gasteiger partial charge on any atom is -0.385 e. The fourth-order valence-corrected chi connectivity index (χ4v) is 3.71. The number of nitrogens with zero attached hydrogens (tertiary/aromatic N) is 2. The van der Waals surface area contributed by atoms with Gasteiger partial charge >= 0.3 is 0 Å². The minimum absolute atomic E-state index is 0.0456. The van der Waals surface area contributed by atoms with Crippen molar-refractivity contribution in [3.05, 3.63) is 94.3 Å². The highest BCUT2D eigenvalue weighted by Gasteiger charge is 2.17. The molecule has 0 aliphatic carbocycles. The third-order valence-corrected chi connectivity index (χ3v) is 5.43. The van der Waals surface area contributed by atoms with Crippen LogP contribution in [-0.2, 0) is 24.2 Å². The van der Waals surface area contributed by atoms with Crippen LogP contribution < -0.4 is 0 Å². The largest absolute Gasteiger partial charge is 0.385 e. The fourth-order valence-electron chi connectivity index (χ4n) is 3.49. The maximum atomic E-state index is 13.2. The van der Waals surface area contributed by atoms with Crippen molar-refractivity contribution in [3.8, 4) is 0 Å². The average molecular weight is 425 g/mol. The standard InChI is InChI=1S/C25H29ClN2O2/c1-3-20-10-12-22(13-11-20)25(29)28(15-6-16-30-2)19-24-9-5-14-27(24)18-21-7-4-8-23(26)17-21/h4-5,7-14,17H,3,6,15-16,18-19H2,1-2H3. The molecular weight excluding hydrogens is 396 g/mol. The second-order valence-corrected chi connectivity index (χ2v) is 7.82. The maximum absolute atomic E-state index is 13.2. The van der Waals surface area contributed by atoms with Gasteiger partial charge in [0.2, 0.25) is 0 Å². The molecule has 3 aromatic rings. The smallest absolute Gasteiger partial charge is 0.254 e. The Morgan fingerprint density at radius 3 is 2.57 bits per heavy atom. The first-order valence-electron chi connectivity index (χ1n) is 10.4. The molecule has 0 fully saturated rings. The highest BCUT2D eigenvalue weighted by Crippen LogP contribution is 2.16. The molecule has 1 heterocycles. The number of hydrogen-bond acceptors (Lipinski definition) is 2. The average Bonchev–Trinajstić information content (AvgIpc) is 3.19. The van der Waals surface area contributed by atoms with Crippen molar-refractivity contribution in [2.75, 3.05) is 20.3 Å². The first kappa shape index (κ1) is 22.1. The van der Waals surface area contributed by atoms with Crippen molar-refractivity contribution in [1.82, 2.24) is 9.47 Å². The summed E-state index contributed by atoms with van der Waals surface area (Å²) in [5.74, 6) is 0.0456. The zero-order chi connectivity index (χ0) is 21.3. The molecule has 2 aromatic carbocycles. The Labute approximate surface area is 184 Å². The summed E-state index contributed by atoms with van der Waals surface area (Å²) >= 11 is 6.14. The van der Waals surface area contributed by atoms with E-state index in [2.05, 4.69) is 23.6 Å². The van der Waals surface area contributed by atoms with E-state index in [4.69, 9.17) is 16.3 Å². The van der Waals surface area contributed by atoms with E-state index >= 15 is 0 Å². The second kappa shape index (κ2) is 11.0. The van der Waals surface area contributed by atoms with Crippen molar-refractivity contribution >= 4 is 17.5 Å². The Bertz CT molecular complexity index is 950. The lowest BCUT2D eigenvalue weighted by Crippen LogP contribution is -2.33. The molecule has 0 radical (unpaired) electrons. The van der Waals surface area contributed by atoms with E-state index in [1.807, 2.05) is 59.6 Å². The predicted octanol–water partition coefficient (Wildman–Crippen LogP) is 5.43. The Kier molecular flexibility index (Phi) is 8.12. The molecule has 0 spiro atoms. The number of methoxy groups -OCH3 is 1. The molecule has 5 heteroatoms. The summed E-state index contributed by atoms with van der Waals surface area (Å²) in [6.45, 7) is 4.65. The third-order valence-electron chi connectivity index (χ3n) is 5.19. The molecule has 0 saturated heterocycles. The maximum Gasteiger partial charge on any atom is 0.254 e. The first-order chi connectivity index (χ1) is 14.6. The lowest BCUT2D eigenvalue weighted by Gasteiger charge is -2.24. The third kappa shape index (κ3) is 5.97. The van der Waals surface area contributed by atoms with Gasteiger partial charge in [-0.1, -0.05) is 42.8 Å². The molecule has 1 aromatic heterocycles. The summed E-state index contributed by atoms with van der Waals surface area (Å²) < 4.78 is 7.37. The quantitative estimate of drug-likeness (QED) is 0.406. The van der Waals surface area contributed by atoms with Gasteiger partial charge in [0.05, 0.1) is 6.54 Å². The van der Waals surface area contributed by atoms with Crippen LogP contribution in [0.2, 0.25) is 5.02 Å². The number of carbonyl (C=O) groups excluding carboxylic acids is 1. The number of hydrogen-bond donors (Lipinski definition) is 0. The van der Waals surface area contributed by atoms with E-state index in [1.165, 1.54) is 5.56 Å². The number of aryl methyl sites for hydroxylation is 1. The number of halogens is 1. The lowest BCUT2D eigenvalue weighted by atomic mass is 10.1. The van der Waals surface area contributed by atoms with Crippen LogP contribution in [0.1, 0.15) is 40.5 Å². The van der Waals surface area contributed by atoms with E-state index in [1.54, 1.807) is 7.11 Å². The van der Waals surface area contributed by atoms with E-state index < -0.39 is 0 Å². The van der Waals surface area contributed by atoms with Crippen LogP contribution in [0.5, 0.6) is 0 Å². The molecule has 1 amide bonds. The summed E-state index contributed by atoms with van der Waals surface area (Å²) in [5.41, 5.74) is 4.17. The van der Waals surface area contributed by atoms with Crippen LogP contribution in [0.25, 0.3) is 0 Å². The van der Waals surface area contributed by atoms with Gasteiger partial charge in [-0.05, 0) is 60.4 Å². The number of carbonyl (C=O) groups is 1. The van der Waals surface area contributed by atoms with Gasteiger partial charge in [0.15, 0.2) is 0 Å². The molecule has 4 nitrogen and oxygen atoms in total. The molecule has 0 bridgehead atoms. The molecule has 0 unspecified atom stereocenters. The monoisotopic (exact) mass is 424 g/mol. The number of ether oxygens (including phenoxy) is 1. The SMILES string of the molecule is CCc1ccc(C(=O)N(CCCOC)Cc2cccn2Cc2cccc(Cl)c2)cc1. The van der Waals surface area contributed by atoms with Gasteiger partial charge in [-0.2, -0.15) is 0 Å². The van der Waals surface area contributed by atoms with Crippen LogP contribution >= 0.6 is 11.6 Å². The van der Waals surface area contributed by atoms with Gasteiger partial charge in [0, 0.05) is 49.3 Å². The van der Waals surface area contributed by atoms with Crippen LogP contribution in [0.4, 0.5) is 0 Å². The molecular formula is C25H29ClN2O2. The summed E-state index contributed by atoms with van der Waals surface area (Å²) in [5, 5.41) is 0.730. The van der Waals surface area contributed by atoms with E-state index in [0.717, 1.165) is 34.7 Å². The number of aromatic nitrogens is 1. The molecule has 0 aliphatic heterocycles. The molecule has 158 valence electrons. The Hall–Kier alpha value is -2.56. The van der Waals surface area contributed by atoms with Gasteiger partial charge in [-0.15, -0.1) is 0 Å². The normalized spacial score (nSPS) is 10.9. The predicted molar refractivity (Wildman–Crippen MR) is 122 cm³/mol. The molecule has 0 N–H and O–H groups in total. The number of rotatable bonds is 10. The fraction of sp³-hybridized carbons (Fsp3) is 0.320. The van der Waals surface area contributed by atoms with E-state index in [-0.39, 0.29) is 5.91 Å². The number of amides is 1. The zero-order valence-corrected chi connectivity index (χ0v) is 18.4. The van der Waals surface area contributed by atoms with Crippen LogP contribution in [0, 0.1) is 0 Å². The summed E-state index contributed by atoms with van der Waals surface area (Å²) in [6, 6.07) is 19.9. The first-order valence-corrected chi connectivity index (χ1v) is 10.7. The molecule has 30 heavy (non-hydrogen) atoms. The van der Waals surface area contributed by atoms with E-state index in [9.17, 15) is 4.79 Å². The summed E-state index contributed by atoms with van der Waals surface area (Å²) in [7, 11) is 1.69. The van der Waals surface area contributed by atoms with Gasteiger partial charge in [-0.3, -0.25) is 4.79 Å².